The van der Waals surface area contributed by atoms with Crippen molar-refractivity contribution in [3.63, 3.8) is 0 Å². The molecule has 0 atom stereocenters. The van der Waals surface area contributed by atoms with E-state index < -0.39 is 24.2 Å². The van der Waals surface area contributed by atoms with Gasteiger partial charge in [0.05, 0.1) is 27.6 Å². The average Bonchev–Trinajstić information content (AvgIpc) is 3.05. The average molecular weight is 771 g/mol. The lowest BCUT2D eigenvalue weighted by molar-refractivity contribution is -0.186. The van der Waals surface area contributed by atoms with Crippen LogP contribution >= 0.6 is 22.6 Å². The third-order valence-electron chi connectivity index (χ3n) is 8.99. The van der Waals surface area contributed by atoms with Gasteiger partial charge in [0.2, 0.25) is 0 Å². The molecule has 4 aromatic carbocycles. The van der Waals surface area contributed by atoms with Gasteiger partial charge in [-0.25, -0.2) is 0 Å². The molecule has 0 saturated heterocycles. The molecular weight excluding hydrogens is 737 g/mol. The van der Waals surface area contributed by atoms with Gasteiger partial charge in [-0.15, -0.1) is 0 Å². The largest absolute Gasteiger partial charge is 0.490 e. The summed E-state index contributed by atoms with van der Waals surface area (Å²) >= 11 is 2.14. The van der Waals surface area contributed by atoms with Crippen LogP contribution < -0.4 is 9.47 Å². The fourth-order valence-corrected chi connectivity index (χ4v) is 7.30. The van der Waals surface area contributed by atoms with E-state index in [1.54, 1.807) is 24.3 Å². The predicted molar refractivity (Wildman–Crippen MR) is 176 cm³/mol. The Balaban J connectivity index is 0.000000185. The molecule has 6 rings (SSSR count). The van der Waals surface area contributed by atoms with Crippen LogP contribution in [0.3, 0.4) is 0 Å². The van der Waals surface area contributed by atoms with E-state index in [2.05, 4.69) is 22.6 Å². The summed E-state index contributed by atoms with van der Waals surface area (Å²) in [6.07, 6.45) is -4.99. The van der Waals surface area contributed by atoms with E-state index in [-0.39, 0.29) is 37.9 Å². The van der Waals surface area contributed by atoms with Gasteiger partial charge in [-0.2, -0.15) is 26.3 Å². The van der Waals surface area contributed by atoms with Crippen LogP contribution in [0.15, 0.2) is 66.7 Å². The van der Waals surface area contributed by atoms with E-state index in [0.29, 0.717) is 48.3 Å². The van der Waals surface area contributed by atoms with Gasteiger partial charge in [-0.3, -0.25) is 9.59 Å². The van der Waals surface area contributed by atoms with Crippen LogP contribution in [0.2, 0.25) is 0 Å². The first-order valence-corrected chi connectivity index (χ1v) is 16.6. The molecule has 2 saturated carbocycles. The number of hydrogen-bond donors (Lipinski definition) is 0. The molecule has 0 bridgehead atoms. The highest BCUT2D eigenvalue weighted by Gasteiger charge is 2.42. The number of carbonyl (C=O) groups is 2. The third kappa shape index (κ3) is 8.58. The molecule has 0 aliphatic heterocycles. The Morgan fingerprint density at radius 3 is 1.68 bits per heavy atom. The number of halogens is 7. The predicted octanol–water partition coefficient (Wildman–Crippen LogP) is 10.9. The minimum absolute atomic E-state index is 0.109. The summed E-state index contributed by atoms with van der Waals surface area (Å²) in [6.45, 7) is 0. The van der Waals surface area contributed by atoms with Crippen molar-refractivity contribution in [3.05, 3.63) is 81.4 Å². The lowest BCUT2D eigenvalue weighted by Crippen LogP contribution is -2.32. The number of rotatable bonds is 6. The van der Waals surface area contributed by atoms with Gasteiger partial charge in [0, 0.05) is 16.5 Å². The number of aldehydes is 2. The first-order chi connectivity index (χ1) is 22.4. The van der Waals surface area contributed by atoms with Gasteiger partial charge in [0.15, 0.2) is 12.6 Å². The number of carbonyl (C=O) groups excluding carboxylic acids is 2. The molecular formula is C36H33F6IO4. The summed E-state index contributed by atoms with van der Waals surface area (Å²) in [7, 11) is 0. The topological polar surface area (TPSA) is 52.6 Å². The molecule has 0 heterocycles. The van der Waals surface area contributed by atoms with Gasteiger partial charge in [-0.1, -0.05) is 48.5 Å². The smallest absolute Gasteiger partial charge is 0.391 e. The maximum atomic E-state index is 12.7. The van der Waals surface area contributed by atoms with Gasteiger partial charge in [0.1, 0.15) is 11.5 Å². The van der Waals surface area contributed by atoms with Gasteiger partial charge in [0.25, 0.3) is 0 Å². The molecule has 0 unspecified atom stereocenters. The zero-order valence-electron chi connectivity index (χ0n) is 25.3. The molecule has 11 heteroatoms. The lowest BCUT2D eigenvalue weighted by atomic mass is 9.87. The first-order valence-electron chi connectivity index (χ1n) is 15.5. The van der Waals surface area contributed by atoms with E-state index in [1.807, 2.05) is 42.5 Å². The fourth-order valence-electron chi connectivity index (χ4n) is 6.37. The molecule has 0 N–H and O–H groups in total. The molecule has 2 aliphatic rings. The van der Waals surface area contributed by atoms with Crippen LogP contribution in [-0.4, -0.2) is 37.1 Å². The van der Waals surface area contributed by atoms with Gasteiger partial charge >= 0.3 is 12.4 Å². The van der Waals surface area contributed by atoms with E-state index in [9.17, 15) is 35.9 Å². The summed E-state index contributed by atoms with van der Waals surface area (Å²) in [5, 5.41) is 3.50. The normalized spacial score (nSPS) is 21.9. The minimum atomic E-state index is -4.11. The molecule has 0 spiro atoms. The highest BCUT2D eigenvalue weighted by molar-refractivity contribution is 14.1. The van der Waals surface area contributed by atoms with Crippen molar-refractivity contribution in [2.24, 2.45) is 11.8 Å². The Kier molecular flexibility index (Phi) is 11.0. The van der Waals surface area contributed by atoms with Crippen molar-refractivity contribution in [1.29, 1.82) is 0 Å². The van der Waals surface area contributed by atoms with Crippen molar-refractivity contribution in [2.45, 2.75) is 75.9 Å². The van der Waals surface area contributed by atoms with Crippen molar-refractivity contribution < 1.29 is 45.4 Å². The monoisotopic (exact) mass is 770 g/mol. The summed E-state index contributed by atoms with van der Waals surface area (Å²) in [6, 6.07) is 20.1. The summed E-state index contributed by atoms with van der Waals surface area (Å²) < 4.78 is 88.9. The van der Waals surface area contributed by atoms with Crippen molar-refractivity contribution in [3.8, 4) is 11.5 Å². The second kappa shape index (κ2) is 14.8. The Labute approximate surface area is 281 Å². The summed E-state index contributed by atoms with van der Waals surface area (Å²) in [4.78, 5) is 22.4. The van der Waals surface area contributed by atoms with E-state index in [0.717, 1.165) is 37.7 Å². The first kappa shape index (κ1) is 35.0. The summed E-state index contributed by atoms with van der Waals surface area (Å²) in [5.74, 6) is -1.19. The van der Waals surface area contributed by atoms with Crippen LogP contribution in [0.5, 0.6) is 11.5 Å². The lowest BCUT2D eigenvalue weighted by Gasteiger charge is -2.30. The van der Waals surface area contributed by atoms with Crippen LogP contribution in [0.1, 0.15) is 72.1 Å². The Morgan fingerprint density at radius 2 is 1.13 bits per heavy atom. The number of fused-ring (bicyclic) bond motifs is 2. The fraction of sp³-hybridized carbons (Fsp3) is 0.389. The zero-order valence-corrected chi connectivity index (χ0v) is 27.4. The van der Waals surface area contributed by atoms with Crippen LogP contribution in [0, 0.1) is 15.4 Å². The Morgan fingerprint density at radius 1 is 0.617 bits per heavy atom. The van der Waals surface area contributed by atoms with Crippen LogP contribution in [0.25, 0.3) is 21.5 Å². The standard InChI is InChI=1S/C18H16F3IO2.C18H17F3O2/c19-18(20,21)13-5-7-14(8-6-13)24-15-9-4-11-2-1-3-12(10-23)16(11)17(15)22;19-18(20,21)14-5-8-15(9-6-14)23-16-7-4-12-2-1-3-13(11-22)17(12)10-16/h1-4,9-10,13-14H,5-8H2;1-4,7,10-11,14-15H,5-6,8-9H2. The number of hydrogen-bond acceptors (Lipinski definition) is 4. The SMILES string of the molecule is O=Cc1cccc2ccc(OC3CCC(C(F)(F)F)CC3)c(I)c12.O=Cc1cccc2ccc(OC3CCC(C(F)(F)F)CC3)cc12. The molecule has 0 amide bonds. The van der Waals surface area contributed by atoms with Crippen molar-refractivity contribution >= 4 is 56.7 Å². The van der Waals surface area contributed by atoms with Crippen molar-refractivity contribution in [2.75, 3.05) is 0 Å². The number of ether oxygens (including phenoxy) is 2. The highest BCUT2D eigenvalue weighted by atomic mass is 127. The van der Waals surface area contributed by atoms with E-state index >= 15 is 0 Å². The molecule has 4 nitrogen and oxygen atoms in total. The Hall–Kier alpha value is -3.35. The minimum Gasteiger partial charge on any atom is -0.490 e. The maximum absolute atomic E-state index is 12.7. The number of benzene rings is 4. The molecule has 2 fully saturated rings. The third-order valence-corrected chi connectivity index (χ3v) is 10.1. The molecule has 0 radical (unpaired) electrons. The molecule has 0 aromatic heterocycles. The van der Waals surface area contributed by atoms with Crippen LogP contribution in [0.4, 0.5) is 26.3 Å². The van der Waals surface area contributed by atoms with Gasteiger partial charge in [-0.05, 0) is 108 Å². The van der Waals surface area contributed by atoms with Gasteiger partial charge < -0.3 is 9.47 Å². The highest BCUT2D eigenvalue weighted by Crippen LogP contribution is 2.41. The second-order valence-electron chi connectivity index (χ2n) is 12.1. The molecule has 4 aromatic rings. The molecule has 47 heavy (non-hydrogen) atoms. The second-order valence-corrected chi connectivity index (χ2v) is 13.1. The Bertz CT molecular complexity index is 1700. The molecule has 2 aliphatic carbocycles. The zero-order chi connectivity index (χ0) is 33.8. The summed E-state index contributed by atoms with van der Waals surface area (Å²) in [5.41, 5.74) is 1.16. The maximum Gasteiger partial charge on any atom is 0.391 e. The molecule has 250 valence electrons. The van der Waals surface area contributed by atoms with E-state index in [1.165, 1.54) is 0 Å². The van der Waals surface area contributed by atoms with E-state index in [4.69, 9.17) is 9.47 Å². The quantitative estimate of drug-likeness (QED) is 0.111. The number of alkyl halides is 6. The van der Waals surface area contributed by atoms with Crippen molar-refractivity contribution in [1.82, 2.24) is 0 Å². The van der Waals surface area contributed by atoms with Crippen LogP contribution in [-0.2, 0) is 0 Å².